The number of likely N-dealkylation sites (tertiary alicyclic amines) is 2. The third kappa shape index (κ3) is 5.23. The Morgan fingerprint density at radius 2 is 2.08 bits per heavy atom. The molecule has 2 fully saturated rings. The quantitative estimate of drug-likeness (QED) is 0.861. The number of likely N-dealkylation sites (N-methyl/N-ethyl adjacent to an activating group) is 1. The molecule has 138 valence electrons. The number of aromatic nitrogens is 1. The van der Waals surface area contributed by atoms with E-state index < -0.39 is 0 Å². The maximum Gasteiger partial charge on any atom is 0.236 e. The molecule has 2 aliphatic heterocycles. The van der Waals surface area contributed by atoms with Crippen LogP contribution in [0.4, 0.5) is 0 Å². The molecular formula is C19H30N4O2. The second-order valence-corrected chi connectivity index (χ2v) is 7.40. The number of carbonyl (C=O) groups is 1. The van der Waals surface area contributed by atoms with E-state index >= 15 is 0 Å². The molecule has 0 radical (unpaired) electrons. The monoisotopic (exact) mass is 346 g/mol. The van der Waals surface area contributed by atoms with Crippen molar-refractivity contribution in [2.24, 2.45) is 0 Å². The molecular weight excluding hydrogens is 316 g/mol. The van der Waals surface area contributed by atoms with Crippen molar-refractivity contribution in [3.8, 4) is 0 Å². The number of carbonyl (C=O) groups excluding carboxylic acids is 1. The van der Waals surface area contributed by atoms with E-state index in [2.05, 4.69) is 9.88 Å². The van der Waals surface area contributed by atoms with E-state index in [-0.39, 0.29) is 12.0 Å². The van der Waals surface area contributed by atoms with Crippen LogP contribution in [0.2, 0.25) is 0 Å². The largest absolute Gasteiger partial charge is 0.392 e. The third-order valence-electron chi connectivity index (χ3n) is 5.32. The average Bonchev–Trinajstić information content (AvgIpc) is 2.62. The Morgan fingerprint density at radius 1 is 1.28 bits per heavy atom. The topological polar surface area (TPSA) is 59.9 Å². The molecule has 1 amide bonds. The summed E-state index contributed by atoms with van der Waals surface area (Å²) in [6.07, 6.45) is 5.65. The second kappa shape index (κ2) is 8.74. The van der Waals surface area contributed by atoms with Gasteiger partial charge in [0, 0.05) is 38.4 Å². The van der Waals surface area contributed by atoms with Gasteiger partial charge in [-0.15, -0.1) is 0 Å². The molecule has 3 heterocycles. The van der Waals surface area contributed by atoms with Gasteiger partial charge in [0.15, 0.2) is 0 Å². The Balaban J connectivity index is 1.42. The second-order valence-electron chi connectivity index (χ2n) is 7.40. The molecule has 0 aromatic carbocycles. The van der Waals surface area contributed by atoms with Crippen LogP contribution in [0.5, 0.6) is 0 Å². The van der Waals surface area contributed by atoms with Gasteiger partial charge in [-0.05, 0) is 51.4 Å². The normalized spacial score (nSPS) is 23.2. The molecule has 6 heteroatoms. The summed E-state index contributed by atoms with van der Waals surface area (Å²) in [4.78, 5) is 23.3. The number of aliphatic hydroxyl groups excluding tert-OH is 1. The van der Waals surface area contributed by atoms with Crippen LogP contribution in [0, 0.1) is 0 Å². The van der Waals surface area contributed by atoms with E-state index in [0.717, 1.165) is 57.6 Å². The van der Waals surface area contributed by atoms with Crippen molar-refractivity contribution in [3.05, 3.63) is 30.1 Å². The smallest absolute Gasteiger partial charge is 0.236 e. The number of rotatable bonds is 5. The van der Waals surface area contributed by atoms with Crippen LogP contribution in [0.1, 0.15) is 31.4 Å². The number of β-amino-alcohol motifs (C(OH)–C–C–N with tert-alkyl or cyclic N) is 1. The van der Waals surface area contributed by atoms with Gasteiger partial charge in [0.2, 0.25) is 5.91 Å². The lowest BCUT2D eigenvalue weighted by atomic mass is 9.99. The Bertz CT molecular complexity index is 546. The lowest BCUT2D eigenvalue weighted by Gasteiger charge is -2.41. The molecule has 0 aliphatic carbocycles. The molecule has 3 rings (SSSR count). The SMILES string of the molecule is CN(CC(=O)N1CCC(N2CCCC(O)C2)CC1)Cc1ccccn1. The standard InChI is InChI=1S/C19H30N4O2/c1-21(13-16-5-2-3-9-20-16)15-19(25)22-11-7-17(8-12-22)23-10-4-6-18(24)14-23/h2-3,5,9,17-18,24H,4,6-8,10-15H2,1H3. The van der Waals surface area contributed by atoms with Gasteiger partial charge in [0.25, 0.3) is 0 Å². The van der Waals surface area contributed by atoms with Crippen LogP contribution < -0.4 is 0 Å². The molecule has 1 atom stereocenters. The molecule has 1 unspecified atom stereocenters. The minimum Gasteiger partial charge on any atom is -0.392 e. The van der Waals surface area contributed by atoms with E-state index in [4.69, 9.17) is 0 Å². The number of aliphatic hydroxyl groups is 1. The maximum absolute atomic E-state index is 12.5. The van der Waals surface area contributed by atoms with Crippen molar-refractivity contribution in [2.45, 2.75) is 44.4 Å². The zero-order valence-corrected chi connectivity index (χ0v) is 15.2. The highest BCUT2D eigenvalue weighted by molar-refractivity contribution is 5.78. The first kappa shape index (κ1) is 18.3. The van der Waals surface area contributed by atoms with Gasteiger partial charge in [0.05, 0.1) is 18.3 Å². The fraction of sp³-hybridized carbons (Fsp3) is 0.684. The minimum absolute atomic E-state index is 0.173. The predicted molar refractivity (Wildman–Crippen MR) is 97.0 cm³/mol. The van der Waals surface area contributed by atoms with Crippen molar-refractivity contribution < 1.29 is 9.90 Å². The molecule has 2 aliphatic rings. The fourth-order valence-electron chi connectivity index (χ4n) is 3.95. The van der Waals surface area contributed by atoms with E-state index in [1.807, 2.05) is 35.0 Å². The van der Waals surface area contributed by atoms with Gasteiger partial charge in [-0.2, -0.15) is 0 Å². The lowest BCUT2D eigenvalue weighted by Crippen LogP contribution is -2.51. The van der Waals surface area contributed by atoms with E-state index in [1.54, 1.807) is 6.20 Å². The van der Waals surface area contributed by atoms with Gasteiger partial charge in [0.1, 0.15) is 0 Å². The van der Waals surface area contributed by atoms with Crippen molar-refractivity contribution in [2.75, 3.05) is 39.8 Å². The van der Waals surface area contributed by atoms with Crippen molar-refractivity contribution in [3.63, 3.8) is 0 Å². The average molecular weight is 346 g/mol. The fourth-order valence-corrected chi connectivity index (χ4v) is 3.95. The predicted octanol–water partition coefficient (Wildman–Crippen LogP) is 0.961. The highest BCUT2D eigenvalue weighted by atomic mass is 16.3. The number of hydrogen-bond donors (Lipinski definition) is 1. The van der Waals surface area contributed by atoms with Gasteiger partial charge < -0.3 is 10.0 Å². The van der Waals surface area contributed by atoms with Gasteiger partial charge >= 0.3 is 0 Å². The number of hydrogen-bond acceptors (Lipinski definition) is 5. The van der Waals surface area contributed by atoms with Crippen LogP contribution in [-0.2, 0) is 11.3 Å². The zero-order chi connectivity index (χ0) is 17.6. The van der Waals surface area contributed by atoms with Crippen LogP contribution in [0.15, 0.2) is 24.4 Å². The molecule has 1 aromatic rings. The summed E-state index contributed by atoms with van der Waals surface area (Å²) in [6.45, 7) is 4.66. The molecule has 0 bridgehead atoms. The minimum atomic E-state index is -0.173. The van der Waals surface area contributed by atoms with Gasteiger partial charge in [-0.3, -0.25) is 19.6 Å². The first-order valence-corrected chi connectivity index (χ1v) is 9.40. The first-order chi connectivity index (χ1) is 12.1. The summed E-state index contributed by atoms with van der Waals surface area (Å²) in [5.74, 6) is 0.204. The van der Waals surface area contributed by atoms with Crippen LogP contribution in [0.25, 0.3) is 0 Å². The van der Waals surface area contributed by atoms with E-state index in [1.165, 1.54) is 0 Å². The summed E-state index contributed by atoms with van der Waals surface area (Å²) in [7, 11) is 1.97. The number of piperidine rings is 2. The van der Waals surface area contributed by atoms with Crippen LogP contribution in [-0.4, -0.2) is 82.6 Å². The van der Waals surface area contributed by atoms with Crippen molar-refractivity contribution >= 4 is 5.91 Å². The number of amides is 1. The van der Waals surface area contributed by atoms with Crippen molar-refractivity contribution in [1.82, 2.24) is 19.7 Å². The highest BCUT2D eigenvalue weighted by Gasteiger charge is 2.29. The van der Waals surface area contributed by atoms with Gasteiger partial charge in [-0.25, -0.2) is 0 Å². The van der Waals surface area contributed by atoms with Crippen molar-refractivity contribution in [1.29, 1.82) is 0 Å². The summed E-state index contributed by atoms with van der Waals surface area (Å²) >= 11 is 0. The molecule has 0 spiro atoms. The van der Waals surface area contributed by atoms with Crippen LogP contribution in [0.3, 0.4) is 0 Å². The van der Waals surface area contributed by atoms with Crippen LogP contribution >= 0.6 is 0 Å². The summed E-state index contributed by atoms with van der Waals surface area (Å²) < 4.78 is 0. The van der Waals surface area contributed by atoms with E-state index in [9.17, 15) is 9.90 Å². The molecule has 25 heavy (non-hydrogen) atoms. The Kier molecular flexibility index (Phi) is 6.39. The Morgan fingerprint density at radius 3 is 2.76 bits per heavy atom. The molecule has 0 saturated carbocycles. The Labute approximate surface area is 150 Å². The maximum atomic E-state index is 12.5. The Hall–Kier alpha value is -1.50. The lowest BCUT2D eigenvalue weighted by molar-refractivity contribution is -0.134. The first-order valence-electron chi connectivity index (χ1n) is 9.40. The molecule has 6 nitrogen and oxygen atoms in total. The third-order valence-corrected chi connectivity index (χ3v) is 5.32. The van der Waals surface area contributed by atoms with E-state index in [0.29, 0.717) is 19.1 Å². The summed E-state index contributed by atoms with van der Waals surface area (Å²) in [5.41, 5.74) is 0.986. The van der Waals surface area contributed by atoms with Gasteiger partial charge in [-0.1, -0.05) is 6.07 Å². The summed E-state index contributed by atoms with van der Waals surface area (Å²) in [5, 5.41) is 9.85. The zero-order valence-electron chi connectivity index (χ0n) is 15.2. The molecule has 2 saturated heterocycles. The molecule has 1 N–H and O–H groups in total. The number of nitrogens with zero attached hydrogens (tertiary/aromatic N) is 4. The summed E-state index contributed by atoms with van der Waals surface area (Å²) in [6, 6.07) is 6.38. The highest BCUT2D eigenvalue weighted by Crippen LogP contribution is 2.21. The number of pyridine rings is 1. The molecule has 1 aromatic heterocycles.